The van der Waals surface area contributed by atoms with E-state index in [0.29, 0.717) is 6.61 Å². The number of likely N-dealkylation sites (N-methyl/N-ethyl adjacent to an activating group) is 1. The maximum Gasteiger partial charge on any atom is 0.323 e. The summed E-state index contributed by atoms with van der Waals surface area (Å²) in [5.74, 6) is -0.131. The first-order chi connectivity index (χ1) is 5.63. The Bertz CT molecular complexity index is 136. The molecule has 72 valence electrons. The molecule has 0 fully saturated rings. The molecule has 0 heterocycles. The van der Waals surface area contributed by atoms with Gasteiger partial charge in [0.1, 0.15) is 6.04 Å². The number of hydrogen-bond acceptors (Lipinski definition) is 3. The summed E-state index contributed by atoms with van der Waals surface area (Å²) in [7, 11) is 1.94. The van der Waals surface area contributed by atoms with E-state index in [0.717, 1.165) is 13.0 Å². The highest BCUT2D eigenvalue weighted by atomic mass is 16.5. The van der Waals surface area contributed by atoms with E-state index in [2.05, 4.69) is 6.92 Å². The van der Waals surface area contributed by atoms with Gasteiger partial charge in [0.2, 0.25) is 0 Å². The van der Waals surface area contributed by atoms with Crippen molar-refractivity contribution in [1.82, 2.24) is 4.90 Å². The lowest BCUT2D eigenvalue weighted by molar-refractivity contribution is -0.148. The van der Waals surface area contributed by atoms with Gasteiger partial charge in [-0.3, -0.25) is 9.69 Å². The summed E-state index contributed by atoms with van der Waals surface area (Å²) in [6.07, 6.45) is 1.06. The highest BCUT2D eigenvalue weighted by Crippen LogP contribution is 1.99. The smallest absolute Gasteiger partial charge is 0.323 e. The first-order valence-corrected chi connectivity index (χ1v) is 4.50. The summed E-state index contributed by atoms with van der Waals surface area (Å²) in [5, 5.41) is 0. The predicted molar refractivity (Wildman–Crippen MR) is 49.0 cm³/mol. The van der Waals surface area contributed by atoms with Gasteiger partial charge in [0.05, 0.1) is 6.61 Å². The standard InChI is InChI=1S/C9H19NO2/c1-5-7-10(4)8(3)9(11)12-6-2/h8H,5-7H2,1-4H3. The van der Waals surface area contributed by atoms with Gasteiger partial charge in [-0.25, -0.2) is 0 Å². The number of esters is 1. The molecule has 0 aliphatic carbocycles. The van der Waals surface area contributed by atoms with E-state index < -0.39 is 0 Å². The third-order valence-corrected chi connectivity index (χ3v) is 1.87. The largest absolute Gasteiger partial charge is 0.465 e. The number of rotatable bonds is 5. The fraction of sp³-hybridized carbons (Fsp3) is 0.889. The molecule has 1 unspecified atom stereocenters. The highest BCUT2D eigenvalue weighted by Gasteiger charge is 2.17. The van der Waals surface area contributed by atoms with E-state index >= 15 is 0 Å². The van der Waals surface area contributed by atoms with Crippen molar-refractivity contribution in [3.05, 3.63) is 0 Å². The van der Waals surface area contributed by atoms with Gasteiger partial charge in [0.25, 0.3) is 0 Å². The lowest BCUT2D eigenvalue weighted by atomic mass is 10.3. The van der Waals surface area contributed by atoms with Crippen molar-refractivity contribution in [3.8, 4) is 0 Å². The minimum atomic E-state index is -0.131. The lowest BCUT2D eigenvalue weighted by Gasteiger charge is -2.21. The van der Waals surface area contributed by atoms with Crippen molar-refractivity contribution in [2.45, 2.75) is 33.2 Å². The van der Waals surface area contributed by atoms with Crippen molar-refractivity contribution < 1.29 is 9.53 Å². The van der Waals surface area contributed by atoms with Crippen LogP contribution in [0.15, 0.2) is 0 Å². The molecule has 0 N–H and O–H groups in total. The molecule has 0 aliphatic heterocycles. The third-order valence-electron chi connectivity index (χ3n) is 1.87. The fourth-order valence-corrected chi connectivity index (χ4v) is 0.989. The van der Waals surface area contributed by atoms with Crippen LogP contribution in [0.3, 0.4) is 0 Å². The first kappa shape index (κ1) is 11.4. The Labute approximate surface area is 74.7 Å². The molecule has 3 nitrogen and oxygen atoms in total. The predicted octanol–water partition coefficient (Wildman–Crippen LogP) is 1.28. The Morgan fingerprint density at radius 2 is 2.08 bits per heavy atom. The molecular formula is C9H19NO2. The van der Waals surface area contributed by atoms with E-state index in [1.165, 1.54) is 0 Å². The molecular weight excluding hydrogens is 154 g/mol. The minimum absolute atomic E-state index is 0.120. The second-order valence-electron chi connectivity index (χ2n) is 2.91. The van der Waals surface area contributed by atoms with Crippen LogP contribution in [-0.4, -0.2) is 37.1 Å². The van der Waals surface area contributed by atoms with Crippen LogP contribution in [0.25, 0.3) is 0 Å². The SMILES string of the molecule is CCCN(C)C(C)C(=O)OCC. The van der Waals surface area contributed by atoms with Gasteiger partial charge >= 0.3 is 5.97 Å². The molecule has 1 atom stereocenters. The van der Waals surface area contributed by atoms with E-state index in [-0.39, 0.29) is 12.0 Å². The van der Waals surface area contributed by atoms with Crippen molar-refractivity contribution in [2.24, 2.45) is 0 Å². The normalized spacial score (nSPS) is 13.1. The maximum atomic E-state index is 11.2. The molecule has 0 saturated carbocycles. The Hall–Kier alpha value is -0.570. The molecule has 3 heteroatoms. The van der Waals surface area contributed by atoms with Gasteiger partial charge in [0, 0.05) is 0 Å². The number of carbonyl (C=O) groups is 1. The molecule has 0 rings (SSSR count). The number of hydrogen-bond donors (Lipinski definition) is 0. The average Bonchev–Trinajstić information content (AvgIpc) is 2.04. The van der Waals surface area contributed by atoms with Crippen LogP contribution < -0.4 is 0 Å². The quantitative estimate of drug-likeness (QED) is 0.586. The van der Waals surface area contributed by atoms with Crippen molar-refractivity contribution in [2.75, 3.05) is 20.2 Å². The molecule has 0 radical (unpaired) electrons. The van der Waals surface area contributed by atoms with Crippen LogP contribution in [0.4, 0.5) is 0 Å². The zero-order valence-electron chi connectivity index (χ0n) is 8.46. The molecule has 0 aromatic carbocycles. The van der Waals surface area contributed by atoms with Crippen molar-refractivity contribution >= 4 is 5.97 Å². The Kier molecular flexibility index (Phi) is 5.72. The molecule has 0 amide bonds. The molecule has 12 heavy (non-hydrogen) atoms. The second-order valence-corrected chi connectivity index (χ2v) is 2.91. The second kappa shape index (κ2) is 6.00. The van der Waals surface area contributed by atoms with Crippen LogP contribution >= 0.6 is 0 Å². The molecule has 0 saturated heterocycles. The zero-order valence-corrected chi connectivity index (χ0v) is 8.46. The van der Waals surface area contributed by atoms with Gasteiger partial charge in [-0.2, -0.15) is 0 Å². The lowest BCUT2D eigenvalue weighted by Crippen LogP contribution is -2.37. The molecule has 0 aliphatic rings. The summed E-state index contributed by atoms with van der Waals surface area (Å²) in [6, 6.07) is -0.120. The van der Waals surface area contributed by atoms with Crippen LogP contribution in [0.2, 0.25) is 0 Å². The van der Waals surface area contributed by atoms with Gasteiger partial charge in [0.15, 0.2) is 0 Å². The van der Waals surface area contributed by atoms with Crippen molar-refractivity contribution in [3.63, 3.8) is 0 Å². The monoisotopic (exact) mass is 173 g/mol. The third kappa shape index (κ3) is 3.72. The Morgan fingerprint density at radius 3 is 2.50 bits per heavy atom. The summed E-state index contributed by atoms with van der Waals surface area (Å²) >= 11 is 0. The fourth-order valence-electron chi connectivity index (χ4n) is 0.989. The summed E-state index contributed by atoms with van der Waals surface area (Å²) < 4.78 is 4.89. The van der Waals surface area contributed by atoms with E-state index in [4.69, 9.17) is 4.74 Å². The van der Waals surface area contributed by atoms with Crippen LogP contribution in [0.5, 0.6) is 0 Å². The van der Waals surface area contributed by atoms with Gasteiger partial charge in [-0.1, -0.05) is 6.92 Å². The molecule has 0 bridgehead atoms. The Morgan fingerprint density at radius 1 is 1.50 bits per heavy atom. The summed E-state index contributed by atoms with van der Waals surface area (Å²) in [4.78, 5) is 13.2. The molecule has 0 spiro atoms. The number of nitrogens with zero attached hydrogens (tertiary/aromatic N) is 1. The van der Waals surface area contributed by atoms with Crippen LogP contribution in [0, 0.1) is 0 Å². The van der Waals surface area contributed by atoms with Gasteiger partial charge in [-0.15, -0.1) is 0 Å². The number of ether oxygens (including phenoxy) is 1. The minimum Gasteiger partial charge on any atom is -0.465 e. The summed E-state index contributed by atoms with van der Waals surface area (Å²) in [5.41, 5.74) is 0. The first-order valence-electron chi connectivity index (χ1n) is 4.50. The van der Waals surface area contributed by atoms with Gasteiger partial charge < -0.3 is 4.74 Å². The zero-order chi connectivity index (χ0) is 9.56. The molecule has 0 aromatic heterocycles. The summed E-state index contributed by atoms with van der Waals surface area (Å²) in [6.45, 7) is 7.18. The van der Waals surface area contributed by atoms with Crippen LogP contribution in [0.1, 0.15) is 27.2 Å². The highest BCUT2D eigenvalue weighted by molar-refractivity contribution is 5.75. The topological polar surface area (TPSA) is 29.5 Å². The van der Waals surface area contributed by atoms with Gasteiger partial charge in [-0.05, 0) is 33.9 Å². The number of carbonyl (C=O) groups excluding carboxylic acids is 1. The average molecular weight is 173 g/mol. The molecule has 0 aromatic rings. The Balaban J connectivity index is 3.82. The van der Waals surface area contributed by atoms with Crippen molar-refractivity contribution in [1.29, 1.82) is 0 Å². The van der Waals surface area contributed by atoms with E-state index in [9.17, 15) is 4.79 Å². The van der Waals surface area contributed by atoms with E-state index in [1.807, 2.05) is 25.8 Å². The van der Waals surface area contributed by atoms with E-state index in [1.54, 1.807) is 0 Å². The maximum absolute atomic E-state index is 11.2. The van der Waals surface area contributed by atoms with Crippen LogP contribution in [-0.2, 0) is 9.53 Å².